The summed E-state index contributed by atoms with van der Waals surface area (Å²) in [6, 6.07) is 15.0. The van der Waals surface area contributed by atoms with E-state index in [4.69, 9.17) is 27.9 Å². The molecule has 0 fully saturated rings. The third kappa shape index (κ3) is 3.65. The molecule has 0 atom stereocenters. The molecule has 0 N–H and O–H groups in total. The van der Waals surface area contributed by atoms with Crippen molar-refractivity contribution in [3.8, 4) is 0 Å². The van der Waals surface area contributed by atoms with Crippen LogP contribution in [0.15, 0.2) is 60.8 Å². The molecule has 5 nitrogen and oxygen atoms in total. The van der Waals surface area contributed by atoms with E-state index < -0.39 is 5.97 Å². The second kappa shape index (κ2) is 7.39. The topological polar surface area (TPSA) is 56.5 Å². The molecule has 0 radical (unpaired) electrons. The van der Waals surface area contributed by atoms with Gasteiger partial charge in [-0.1, -0.05) is 47.5 Å². The van der Waals surface area contributed by atoms with Crippen LogP contribution in [0.3, 0.4) is 0 Å². The Bertz CT molecular complexity index is 1180. The van der Waals surface area contributed by atoms with E-state index in [2.05, 4.69) is 9.97 Å². The highest BCUT2D eigenvalue weighted by Crippen LogP contribution is 2.22. The van der Waals surface area contributed by atoms with E-state index in [1.54, 1.807) is 10.5 Å². The Balaban J connectivity index is 1.49. The van der Waals surface area contributed by atoms with Gasteiger partial charge in [-0.25, -0.2) is 14.8 Å². The van der Waals surface area contributed by atoms with Crippen LogP contribution in [0.2, 0.25) is 10.3 Å². The molecular formula is C20H13Cl2N3O2. The van der Waals surface area contributed by atoms with E-state index in [1.165, 1.54) is 6.08 Å². The summed E-state index contributed by atoms with van der Waals surface area (Å²) in [4.78, 5) is 20.6. The van der Waals surface area contributed by atoms with Crippen LogP contribution < -0.4 is 0 Å². The fourth-order valence-corrected chi connectivity index (χ4v) is 3.16. The van der Waals surface area contributed by atoms with Crippen molar-refractivity contribution in [3.05, 3.63) is 82.4 Å². The molecule has 1 aromatic carbocycles. The number of esters is 1. The van der Waals surface area contributed by atoms with Crippen molar-refractivity contribution in [1.29, 1.82) is 0 Å². The number of para-hydroxylation sites is 1. The number of pyridine rings is 2. The van der Waals surface area contributed by atoms with Gasteiger partial charge in [0.2, 0.25) is 0 Å². The van der Waals surface area contributed by atoms with Gasteiger partial charge < -0.3 is 4.74 Å². The second-order valence-electron chi connectivity index (χ2n) is 5.79. The van der Waals surface area contributed by atoms with E-state index in [0.717, 1.165) is 10.9 Å². The molecule has 3 heterocycles. The van der Waals surface area contributed by atoms with Gasteiger partial charge in [0, 0.05) is 23.2 Å². The van der Waals surface area contributed by atoms with Crippen LogP contribution in [-0.4, -0.2) is 20.3 Å². The van der Waals surface area contributed by atoms with Crippen molar-refractivity contribution in [2.75, 3.05) is 0 Å². The molecule has 27 heavy (non-hydrogen) atoms. The largest absolute Gasteiger partial charge is 0.458 e. The average molecular weight is 398 g/mol. The second-order valence-corrected chi connectivity index (χ2v) is 6.50. The van der Waals surface area contributed by atoms with Gasteiger partial charge in [0.05, 0.1) is 11.2 Å². The van der Waals surface area contributed by atoms with E-state index in [0.29, 0.717) is 27.2 Å². The SMILES string of the molecule is O=C(/C=C/c1c(Cl)nc2ccccn12)OCc1cc2ccccc2nc1Cl. The van der Waals surface area contributed by atoms with Crippen LogP contribution in [0.25, 0.3) is 22.6 Å². The van der Waals surface area contributed by atoms with Gasteiger partial charge in [-0.2, -0.15) is 0 Å². The highest BCUT2D eigenvalue weighted by atomic mass is 35.5. The molecular weight excluding hydrogens is 385 g/mol. The van der Waals surface area contributed by atoms with Crippen molar-refractivity contribution in [2.45, 2.75) is 6.61 Å². The zero-order valence-corrected chi connectivity index (χ0v) is 15.5. The summed E-state index contributed by atoms with van der Waals surface area (Å²) < 4.78 is 7.07. The number of fused-ring (bicyclic) bond motifs is 2. The van der Waals surface area contributed by atoms with Crippen molar-refractivity contribution in [3.63, 3.8) is 0 Å². The molecule has 0 amide bonds. The Hall–Kier alpha value is -2.89. The number of rotatable bonds is 4. The van der Waals surface area contributed by atoms with Crippen LogP contribution in [0.5, 0.6) is 0 Å². The third-order valence-corrected chi connectivity index (χ3v) is 4.62. The molecule has 0 saturated carbocycles. The van der Waals surface area contributed by atoms with E-state index in [1.807, 2.05) is 54.7 Å². The quantitative estimate of drug-likeness (QED) is 0.277. The molecule has 0 aliphatic carbocycles. The number of hydrogen-bond acceptors (Lipinski definition) is 4. The number of benzene rings is 1. The first-order valence-corrected chi connectivity index (χ1v) is 8.89. The number of hydrogen-bond donors (Lipinski definition) is 0. The lowest BCUT2D eigenvalue weighted by Gasteiger charge is -2.06. The summed E-state index contributed by atoms with van der Waals surface area (Å²) >= 11 is 12.3. The first-order valence-electron chi connectivity index (χ1n) is 8.13. The molecule has 7 heteroatoms. The average Bonchev–Trinajstić information content (AvgIpc) is 2.99. The number of nitrogens with zero attached hydrogens (tertiary/aromatic N) is 3. The monoisotopic (exact) mass is 397 g/mol. The number of aromatic nitrogens is 3. The van der Waals surface area contributed by atoms with Crippen molar-refractivity contribution >= 4 is 51.8 Å². The fourth-order valence-electron chi connectivity index (χ4n) is 2.72. The smallest absolute Gasteiger partial charge is 0.331 e. The van der Waals surface area contributed by atoms with Crippen LogP contribution in [0, 0.1) is 0 Å². The zero-order chi connectivity index (χ0) is 18.8. The maximum absolute atomic E-state index is 12.1. The van der Waals surface area contributed by atoms with Crippen LogP contribution in [0.4, 0.5) is 0 Å². The highest BCUT2D eigenvalue weighted by molar-refractivity contribution is 6.31. The van der Waals surface area contributed by atoms with Gasteiger partial charge in [-0.3, -0.25) is 4.40 Å². The van der Waals surface area contributed by atoms with Gasteiger partial charge in [-0.05, 0) is 30.3 Å². The number of carbonyl (C=O) groups excluding carboxylic acids is 1. The summed E-state index contributed by atoms with van der Waals surface area (Å²) in [5.74, 6) is -0.513. The predicted octanol–water partition coefficient (Wildman–Crippen LogP) is 4.95. The normalized spacial score (nSPS) is 11.5. The Morgan fingerprint density at radius 3 is 2.78 bits per heavy atom. The molecule has 134 valence electrons. The minimum Gasteiger partial charge on any atom is -0.458 e. The standard InChI is InChI=1S/C20H13Cl2N3O2/c21-19-14(11-13-5-1-2-6-15(13)23-19)12-27-18(26)9-8-16-20(22)24-17-7-3-4-10-25(16)17/h1-11H,12H2/b9-8+. The van der Waals surface area contributed by atoms with Gasteiger partial charge in [0.25, 0.3) is 0 Å². The Kier molecular flexibility index (Phi) is 4.79. The van der Waals surface area contributed by atoms with Crippen LogP contribution in [-0.2, 0) is 16.1 Å². The molecule has 0 unspecified atom stereocenters. The lowest BCUT2D eigenvalue weighted by atomic mass is 10.2. The number of imidazole rings is 1. The first kappa shape index (κ1) is 17.5. The molecule has 0 aliphatic heterocycles. The van der Waals surface area contributed by atoms with E-state index in [-0.39, 0.29) is 6.61 Å². The maximum atomic E-state index is 12.1. The van der Waals surface area contributed by atoms with Gasteiger partial charge in [0.1, 0.15) is 17.4 Å². The van der Waals surface area contributed by atoms with Crippen molar-refractivity contribution < 1.29 is 9.53 Å². The summed E-state index contributed by atoms with van der Waals surface area (Å²) in [5.41, 5.74) is 2.74. The van der Waals surface area contributed by atoms with Gasteiger partial charge >= 0.3 is 5.97 Å². The van der Waals surface area contributed by atoms with E-state index in [9.17, 15) is 4.79 Å². The van der Waals surface area contributed by atoms with E-state index >= 15 is 0 Å². The van der Waals surface area contributed by atoms with Crippen molar-refractivity contribution in [1.82, 2.24) is 14.4 Å². The third-order valence-electron chi connectivity index (χ3n) is 4.02. The summed E-state index contributed by atoms with van der Waals surface area (Å²) in [5, 5.41) is 1.56. The number of carbonyl (C=O) groups is 1. The minimum atomic E-state index is -0.513. The summed E-state index contributed by atoms with van der Waals surface area (Å²) in [7, 11) is 0. The molecule has 3 aromatic heterocycles. The fraction of sp³-hybridized carbons (Fsp3) is 0.0500. The highest BCUT2D eigenvalue weighted by Gasteiger charge is 2.09. The Morgan fingerprint density at radius 2 is 1.89 bits per heavy atom. The summed E-state index contributed by atoms with van der Waals surface area (Å²) in [6.45, 7) is 0.0285. The van der Waals surface area contributed by atoms with Gasteiger partial charge in [0.15, 0.2) is 5.15 Å². The molecule has 0 aliphatic rings. The number of halogens is 2. The summed E-state index contributed by atoms with van der Waals surface area (Å²) in [6.07, 6.45) is 4.70. The molecule has 4 aromatic rings. The van der Waals surface area contributed by atoms with Crippen LogP contribution >= 0.6 is 23.2 Å². The Morgan fingerprint density at radius 1 is 1.07 bits per heavy atom. The maximum Gasteiger partial charge on any atom is 0.331 e. The lowest BCUT2D eigenvalue weighted by molar-refractivity contribution is -0.138. The van der Waals surface area contributed by atoms with Crippen LogP contribution in [0.1, 0.15) is 11.3 Å². The van der Waals surface area contributed by atoms with Gasteiger partial charge in [-0.15, -0.1) is 0 Å². The number of ether oxygens (including phenoxy) is 1. The zero-order valence-electron chi connectivity index (χ0n) is 14.0. The minimum absolute atomic E-state index is 0.0285. The molecule has 4 rings (SSSR count). The molecule has 0 saturated heterocycles. The first-order chi connectivity index (χ1) is 13.1. The lowest BCUT2D eigenvalue weighted by Crippen LogP contribution is -2.02. The predicted molar refractivity (Wildman–Crippen MR) is 106 cm³/mol. The Labute approximate surface area is 164 Å². The van der Waals surface area contributed by atoms with Crippen molar-refractivity contribution in [2.24, 2.45) is 0 Å². The molecule has 0 spiro atoms. The molecule has 0 bridgehead atoms.